The van der Waals surface area contributed by atoms with Crippen LogP contribution in [-0.2, 0) is 16.8 Å². The van der Waals surface area contributed by atoms with Gasteiger partial charge in [0, 0.05) is 11.5 Å². The number of hydrogen-bond acceptors (Lipinski definition) is 4. The van der Waals surface area contributed by atoms with Crippen LogP contribution >= 0.6 is 0 Å². The summed E-state index contributed by atoms with van der Waals surface area (Å²) in [6.45, 7) is 6.79. The second-order valence-corrected chi connectivity index (χ2v) is 10.9. The first-order valence-electron chi connectivity index (χ1n) is 13.3. The van der Waals surface area contributed by atoms with Crippen LogP contribution in [0.5, 0.6) is 11.5 Å². The van der Waals surface area contributed by atoms with E-state index in [0.717, 1.165) is 33.8 Å². The van der Waals surface area contributed by atoms with Crippen molar-refractivity contribution in [3.8, 4) is 11.5 Å². The van der Waals surface area contributed by atoms with Crippen LogP contribution in [0, 0.1) is 0 Å². The number of carbonyl (C=O) groups excluding carboxylic acids is 1. The second kappa shape index (κ2) is 11.2. The molecular formula is C34H35NO4. The van der Waals surface area contributed by atoms with Crippen molar-refractivity contribution in [3.63, 3.8) is 0 Å². The highest BCUT2D eigenvalue weighted by molar-refractivity contribution is 5.68. The molecular weight excluding hydrogens is 486 g/mol. The van der Waals surface area contributed by atoms with Crippen LogP contribution in [0.25, 0.3) is 0 Å². The lowest BCUT2D eigenvalue weighted by Crippen LogP contribution is -2.48. The Kier molecular flexibility index (Phi) is 7.60. The standard InChI is InChI=1S/C34H35NO4/c1-34(2,3)26-18-14-25(15-19-26)31-30(24-16-20-27(37-4)21-17-24)28-12-8-9-13-29(28)39-32(31)35-33(36)38-22-23-10-6-5-7-11-23/h5-21,30-32H,22H2,1-4H3,(H,35,36)/t30-,31+,32+/m1/s1. The van der Waals surface area contributed by atoms with Gasteiger partial charge < -0.3 is 14.2 Å². The number of ether oxygens (including phenoxy) is 3. The molecule has 0 unspecified atom stereocenters. The van der Waals surface area contributed by atoms with Gasteiger partial charge in [0.15, 0.2) is 6.23 Å². The molecule has 5 heteroatoms. The van der Waals surface area contributed by atoms with Crippen molar-refractivity contribution in [2.45, 2.75) is 50.9 Å². The van der Waals surface area contributed by atoms with Crippen LogP contribution in [0.4, 0.5) is 4.79 Å². The molecule has 1 N–H and O–H groups in total. The zero-order valence-electron chi connectivity index (χ0n) is 22.9. The Morgan fingerprint density at radius 1 is 0.821 bits per heavy atom. The number of carbonyl (C=O) groups is 1. The average Bonchev–Trinajstić information content (AvgIpc) is 2.95. The summed E-state index contributed by atoms with van der Waals surface area (Å²) in [6, 6.07) is 34.5. The molecule has 4 aromatic carbocycles. The zero-order valence-corrected chi connectivity index (χ0v) is 22.9. The molecule has 0 bridgehead atoms. The predicted octanol–water partition coefficient (Wildman–Crippen LogP) is 7.55. The Morgan fingerprint density at radius 3 is 2.13 bits per heavy atom. The van der Waals surface area contributed by atoms with Gasteiger partial charge in [0.2, 0.25) is 0 Å². The summed E-state index contributed by atoms with van der Waals surface area (Å²) in [7, 11) is 1.67. The monoisotopic (exact) mass is 521 g/mol. The van der Waals surface area contributed by atoms with E-state index in [9.17, 15) is 4.79 Å². The summed E-state index contributed by atoms with van der Waals surface area (Å²) in [4.78, 5) is 13.1. The summed E-state index contributed by atoms with van der Waals surface area (Å²) in [5.41, 5.74) is 5.46. The number of rotatable bonds is 6. The van der Waals surface area contributed by atoms with E-state index in [-0.39, 0.29) is 23.9 Å². The molecule has 39 heavy (non-hydrogen) atoms. The highest BCUT2D eigenvalue weighted by Gasteiger charge is 2.41. The van der Waals surface area contributed by atoms with Crippen LogP contribution in [0.2, 0.25) is 0 Å². The molecule has 5 nitrogen and oxygen atoms in total. The molecule has 1 heterocycles. The van der Waals surface area contributed by atoms with Gasteiger partial charge in [0.05, 0.1) is 13.0 Å². The Bertz CT molecular complexity index is 1390. The van der Waals surface area contributed by atoms with Gasteiger partial charge in [-0.3, -0.25) is 5.32 Å². The molecule has 0 saturated heterocycles. The third-order valence-corrected chi connectivity index (χ3v) is 7.30. The fourth-order valence-corrected chi connectivity index (χ4v) is 5.19. The highest BCUT2D eigenvalue weighted by atomic mass is 16.6. The van der Waals surface area contributed by atoms with E-state index in [1.54, 1.807) is 7.11 Å². The van der Waals surface area contributed by atoms with E-state index in [4.69, 9.17) is 14.2 Å². The topological polar surface area (TPSA) is 56.8 Å². The van der Waals surface area contributed by atoms with Crippen molar-refractivity contribution in [2.75, 3.05) is 7.11 Å². The number of para-hydroxylation sites is 1. The average molecular weight is 522 g/mol. The van der Waals surface area contributed by atoms with Crippen LogP contribution in [0.15, 0.2) is 103 Å². The highest BCUT2D eigenvalue weighted by Crippen LogP contribution is 2.48. The van der Waals surface area contributed by atoms with Crippen molar-refractivity contribution < 1.29 is 19.0 Å². The third-order valence-electron chi connectivity index (χ3n) is 7.30. The molecule has 0 radical (unpaired) electrons. The molecule has 1 amide bonds. The maximum atomic E-state index is 13.1. The maximum Gasteiger partial charge on any atom is 0.410 e. The van der Waals surface area contributed by atoms with Gasteiger partial charge in [-0.15, -0.1) is 0 Å². The first kappa shape index (κ1) is 26.4. The molecule has 1 aliphatic heterocycles. The fourth-order valence-electron chi connectivity index (χ4n) is 5.19. The number of hydrogen-bond donors (Lipinski definition) is 1. The van der Waals surface area contributed by atoms with Gasteiger partial charge in [-0.1, -0.05) is 106 Å². The van der Waals surface area contributed by atoms with Gasteiger partial charge in [-0.25, -0.2) is 4.79 Å². The Morgan fingerprint density at radius 2 is 1.46 bits per heavy atom. The molecule has 0 spiro atoms. The molecule has 200 valence electrons. The Balaban J connectivity index is 1.53. The quantitative estimate of drug-likeness (QED) is 0.285. The van der Waals surface area contributed by atoms with E-state index < -0.39 is 12.3 Å². The summed E-state index contributed by atoms with van der Waals surface area (Å²) in [5.74, 6) is 1.27. The Hall–Kier alpha value is -4.25. The summed E-state index contributed by atoms with van der Waals surface area (Å²) >= 11 is 0. The van der Waals surface area contributed by atoms with Crippen molar-refractivity contribution in [1.82, 2.24) is 5.32 Å². The number of alkyl carbamates (subject to hydrolysis) is 1. The summed E-state index contributed by atoms with van der Waals surface area (Å²) in [6.07, 6.45) is -1.16. The third kappa shape index (κ3) is 5.93. The number of nitrogens with one attached hydrogen (secondary N) is 1. The first-order valence-corrected chi connectivity index (χ1v) is 13.3. The first-order chi connectivity index (χ1) is 18.8. The van der Waals surface area contributed by atoms with E-state index in [2.05, 4.69) is 68.6 Å². The minimum Gasteiger partial charge on any atom is -0.497 e. The van der Waals surface area contributed by atoms with Crippen LogP contribution in [0.1, 0.15) is 60.4 Å². The van der Waals surface area contributed by atoms with Gasteiger partial charge in [-0.05, 0) is 45.9 Å². The molecule has 0 aromatic heterocycles. The van der Waals surface area contributed by atoms with Crippen molar-refractivity contribution in [3.05, 3.63) is 131 Å². The molecule has 5 rings (SSSR count). The SMILES string of the molecule is COc1ccc([C@@H]2c3ccccc3O[C@H](NC(=O)OCc3ccccc3)[C@H]2c2ccc(C(C)(C)C)cc2)cc1. The van der Waals surface area contributed by atoms with Crippen molar-refractivity contribution >= 4 is 6.09 Å². The summed E-state index contributed by atoms with van der Waals surface area (Å²) < 4.78 is 17.5. The Labute approximate surface area is 230 Å². The van der Waals surface area contributed by atoms with Crippen LogP contribution in [-0.4, -0.2) is 19.4 Å². The lowest BCUT2D eigenvalue weighted by molar-refractivity contribution is 0.0803. The molecule has 1 aliphatic rings. The maximum absolute atomic E-state index is 13.1. The van der Waals surface area contributed by atoms with Crippen molar-refractivity contribution in [1.29, 1.82) is 0 Å². The number of benzene rings is 4. The lowest BCUT2D eigenvalue weighted by atomic mass is 9.73. The van der Waals surface area contributed by atoms with E-state index in [1.165, 1.54) is 5.56 Å². The molecule has 3 atom stereocenters. The largest absolute Gasteiger partial charge is 0.497 e. The molecule has 0 aliphatic carbocycles. The van der Waals surface area contributed by atoms with Crippen LogP contribution < -0.4 is 14.8 Å². The zero-order chi connectivity index (χ0) is 27.4. The predicted molar refractivity (Wildman–Crippen MR) is 153 cm³/mol. The number of amides is 1. The molecule has 4 aromatic rings. The molecule has 0 saturated carbocycles. The molecule has 0 fully saturated rings. The van der Waals surface area contributed by atoms with Crippen LogP contribution in [0.3, 0.4) is 0 Å². The number of fused-ring (bicyclic) bond motifs is 1. The van der Waals surface area contributed by atoms with E-state index in [1.807, 2.05) is 60.7 Å². The van der Waals surface area contributed by atoms with E-state index >= 15 is 0 Å². The number of methoxy groups -OCH3 is 1. The van der Waals surface area contributed by atoms with Gasteiger partial charge >= 0.3 is 6.09 Å². The van der Waals surface area contributed by atoms with E-state index in [0.29, 0.717) is 0 Å². The fraction of sp³-hybridized carbons (Fsp3) is 0.265. The minimum absolute atomic E-state index is 0.0302. The minimum atomic E-state index is -0.643. The normalized spacial score (nSPS) is 18.4. The van der Waals surface area contributed by atoms with Gasteiger partial charge in [-0.2, -0.15) is 0 Å². The van der Waals surface area contributed by atoms with Crippen molar-refractivity contribution in [2.24, 2.45) is 0 Å². The summed E-state index contributed by atoms with van der Waals surface area (Å²) in [5, 5.41) is 3.04. The smallest absolute Gasteiger partial charge is 0.410 e. The lowest BCUT2D eigenvalue weighted by Gasteiger charge is -2.40. The van der Waals surface area contributed by atoms with Gasteiger partial charge in [0.25, 0.3) is 0 Å². The van der Waals surface area contributed by atoms with Gasteiger partial charge in [0.1, 0.15) is 18.1 Å². The second-order valence-electron chi connectivity index (χ2n) is 10.9.